The van der Waals surface area contributed by atoms with Crippen molar-refractivity contribution in [3.05, 3.63) is 23.9 Å². The van der Waals surface area contributed by atoms with Crippen molar-refractivity contribution in [2.24, 2.45) is 0 Å². The first-order valence-electron chi connectivity index (χ1n) is 5.15. The van der Waals surface area contributed by atoms with Crippen molar-refractivity contribution in [2.75, 3.05) is 7.11 Å². The third-order valence-electron chi connectivity index (χ3n) is 2.62. The summed E-state index contributed by atoms with van der Waals surface area (Å²) in [6, 6.07) is 4.39. The van der Waals surface area contributed by atoms with E-state index in [0.717, 1.165) is 5.65 Å². The average Bonchev–Trinajstić information content (AvgIpc) is 2.56. The molecule has 2 aromatic heterocycles. The van der Waals surface area contributed by atoms with Gasteiger partial charge in [-0.2, -0.15) is 4.98 Å². The molecule has 0 saturated carbocycles. The van der Waals surface area contributed by atoms with Crippen molar-refractivity contribution in [2.45, 2.75) is 26.8 Å². The number of ether oxygens (including phenoxy) is 1. The van der Waals surface area contributed by atoms with Crippen LogP contribution in [0.3, 0.4) is 0 Å². The van der Waals surface area contributed by atoms with Crippen LogP contribution in [0.15, 0.2) is 18.3 Å². The average molecular weight is 204 g/mol. The molecule has 15 heavy (non-hydrogen) atoms. The molecule has 2 heterocycles. The minimum atomic E-state index is 0.417. The molecule has 3 heteroatoms. The van der Waals surface area contributed by atoms with Gasteiger partial charge in [-0.15, -0.1) is 0 Å². The van der Waals surface area contributed by atoms with E-state index in [1.807, 2.05) is 6.07 Å². The summed E-state index contributed by atoms with van der Waals surface area (Å²) in [7, 11) is 1.64. The minimum absolute atomic E-state index is 0.417. The molecule has 0 aliphatic carbocycles. The van der Waals surface area contributed by atoms with E-state index in [1.165, 1.54) is 10.9 Å². The van der Waals surface area contributed by atoms with Crippen molar-refractivity contribution >= 4 is 11.0 Å². The van der Waals surface area contributed by atoms with Gasteiger partial charge in [-0.1, -0.05) is 0 Å². The number of fused-ring (bicyclic) bond motifs is 1. The highest BCUT2D eigenvalue weighted by Gasteiger charge is 2.09. The van der Waals surface area contributed by atoms with E-state index < -0.39 is 0 Å². The second kappa shape index (κ2) is 3.57. The Kier molecular flexibility index (Phi) is 2.39. The van der Waals surface area contributed by atoms with Crippen LogP contribution in [0.1, 0.15) is 25.5 Å². The molecule has 0 radical (unpaired) electrons. The first kappa shape index (κ1) is 10.0. The SMILES string of the molecule is COc1ccc2c(C)cn(C(C)C)c2n1. The van der Waals surface area contributed by atoms with Crippen LogP contribution in [0.5, 0.6) is 5.88 Å². The van der Waals surface area contributed by atoms with Gasteiger partial charge in [0.2, 0.25) is 5.88 Å². The third kappa shape index (κ3) is 1.58. The predicted octanol–water partition coefficient (Wildman–Crippen LogP) is 2.93. The standard InChI is InChI=1S/C12H16N2O/c1-8(2)14-7-9(3)10-5-6-11(15-4)13-12(10)14/h5-8H,1-4H3. The van der Waals surface area contributed by atoms with Crippen LogP contribution in [0, 0.1) is 6.92 Å². The Hall–Kier alpha value is -1.51. The first-order chi connectivity index (χ1) is 7.13. The van der Waals surface area contributed by atoms with Crippen LogP contribution >= 0.6 is 0 Å². The van der Waals surface area contributed by atoms with Crippen molar-refractivity contribution < 1.29 is 4.74 Å². The summed E-state index contributed by atoms with van der Waals surface area (Å²) in [5.41, 5.74) is 2.26. The molecule has 2 aromatic rings. The lowest BCUT2D eigenvalue weighted by Gasteiger charge is -2.08. The molecule has 0 spiro atoms. The molecule has 3 nitrogen and oxygen atoms in total. The normalized spacial score (nSPS) is 11.3. The van der Waals surface area contributed by atoms with Crippen molar-refractivity contribution in [3.8, 4) is 5.88 Å². The number of hydrogen-bond acceptors (Lipinski definition) is 2. The van der Waals surface area contributed by atoms with Crippen LogP contribution in [0.2, 0.25) is 0 Å². The van der Waals surface area contributed by atoms with E-state index in [-0.39, 0.29) is 0 Å². The van der Waals surface area contributed by atoms with Crippen LogP contribution in [0.25, 0.3) is 11.0 Å². The molecular formula is C12H16N2O. The molecule has 0 fully saturated rings. The Labute approximate surface area is 89.7 Å². The maximum atomic E-state index is 5.14. The molecule has 0 aliphatic heterocycles. The van der Waals surface area contributed by atoms with Crippen molar-refractivity contribution in [3.63, 3.8) is 0 Å². The third-order valence-corrected chi connectivity index (χ3v) is 2.62. The van der Waals surface area contributed by atoms with E-state index in [9.17, 15) is 0 Å². The summed E-state index contributed by atoms with van der Waals surface area (Å²) in [4.78, 5) is 4.48. The van der Waals surface area contributed by atoms with Gasteiger partial charge >= 0.3 is 0 Å². The highest BCUT2D eigenvalue weighted by Crippen LogP contribution is 2.24. The lowest BCUT2D eigenvalue weighted by Crippen LogP contribution is -2.00. The predicted molar refractivity (Wildman–Crippen MR) is 61.4 cm³/mol. The fourth-order valence-electron chi connectivity index (χ4n) is 1.78. The Morgan fingerprint density at radius 2 is 2.07 bits per heavy atom. The van der Waals surface area contributed by atoms with Gasteiger partial charge in [0.05, 0.1) is 7.11 Å². The molecule has 0 unspecified atom stereocenters. The van der Waals surface area contributed by atoms with E-state index in [2.05, 4.69) is 42.6 Å². The summed E-state index contributed by atoms with van der Waals surface area (Å²) >= 11 is 0. The fourth-order valence-corrected chi connectivity index (χ4v) is 1.78. The Morgan fingerprint density at radius 1 is 1.33 bits per heavy atom. The van der Waals surface area contributed by atoms with Gasteiger partial charge in [0.15, 0.2) is 0 Å². The molecule has 0 bridgehead atoms. The zero-order valence-electron chi connectivity index (χ0n) is 9.61. The number of aromatic nitrogens is 2. The summed E-state index contributed by atoms with van der Waals surface area (Å²) < 4.78 is 7.32. The van der Waals surface area contributed by atoms with E-state index in [1.54, 1.807) is 7.11 Å². The van der Waals surface area contributed by atoms with E-state index in [0.29, 0.717) is 11.9 Å². The van der Waals surface area contributed by atoms with Crippen LogP contribution < -0.4 is 4.74 Å². The molecule has 0 N–H and O–H groups in total. The Morgan fingerprint density at radius 3 is 2.67 bits per heavy atom. The number of aryl methyl sites for hydroxylation is 1. The van der Waals surface area contributed by atoms with Gasteiger partial charge in [-0.25, -0.2) is 0 Å². The summed E-state index contributed by atoms with van der Waals surface area (Å²) in [6.07, 6.45) is 2.14. The molecule has 0 saturated heterocycles. The smallest absolute Gasteiger partial charge is 0.214 e. The zero-order valence-corrected chi connectivity index (χ0v) is 9.61. The molecule has 2 rings (SSSR count). The highest BCUT2D eigenvalue weighted by atomic mass is 16.5. The number of rotatable bonds is 2. The second-order valence-corrected chi connectivity index (χ2v) is 4.04. The maximum Gasteiger partial charge on any atom is 0.214 e. The van der Waals surface area contributed by atoms with Gasteiger partial charge in [0.1, 0.15) is 5.65 Å². The lowest BCUT2D eigenvalue weighted by atomic mass is 10.2. The molecule has 0 aromatic carbocycles. The van der Waals surface area contributed by atoms with Crippen LogP contribution in [0.4, 0.5) is 0 Å². The molecule has 0 aliphatic rings. The Balaban J connectivity index is 2.71. The minimum Gasteiger partial charge on any atom is -0.481 e. The molecule has 80 valence electrons. The van der Waals surface area contributed by atoms with Gasteiger partial charge < -0.3 is 9.30 Å². The van der Waals surface area contributed by atoms with Crippen LogP contribution in [-0.4, -0.2) is 16.7 Å². The van der Waals surface area contributed by atoms with E-state index in [4.69, 9.17) is 4.74 Å². The number of methoxy groups -OCH3 is 1. The molecule has 0 amide bonds. The van der Waals surface area contributed by atoms with Crippen molar-refractivity contribution in [1.82, 2.24) is 9.55 Å². The summed E-state index contributed by atoms with van der Waals surface area (Å²) in [5, 5.41) is 1.20. The number of pyridine rings is 1. The van der Waals surface area contributed by atoms with Gasteiger partial charge in [-0.3, -0.25) is 0 Å². The Bertz CT molecular complexity index is 486. The van der Waals surface area contributed by atoms with Gasteiger partial charge in [-0.05, 0) is 32.4 Å². The van der Waals surface area contributed by atoms with Crippen LogP contribution in [-0.2, 0) is 0 Å². The topological polar surface area (TPSA) is 27.1 Å². The lowest BCUT2D eigenvalue weighted by molar-refractivity contribution is 0.398. The first-order valence-corrected chi connectivity index (χ1v) is 5.15. The zero-order chi connectivity index (χ0) is 11.0. The second-order valence-electron chi connectivity index (χ2n) is 4.04. The number of hydrogen-bond donors (Lipinski definition) is 0. The molecule has 0 atom stereocenters. The summed E-state index contributed by atoms with van der Waals surface area (Å²) in [6.45, 7) is 6.41. The van der Waals surface area contributed by atoms with E-state index >= 15 is 0 Å². The number of nitrogens with zero attached hydrogens (tertiary/aromatic N) is 2. The monoisotopic (exact) mass is 204 g/mol. The highest BCUT2D eigenvalue weighted by molar-refractivity contribution is 5.80. The molecular weight excluding hydrogens is 188 g/mol. The van der Waals surface area contributed by atoms with Crippen molar-refractivity contribution in [1.29, 1.82) is 0 Å². The van der Waals surface area contributed by atoms with Gasteiger partial charge in [0, 0.05) is 23.7 Å². The quantitative estimate of drug-likeness (QED) is 0.752. The van der Waals surface area contributed by atoms with Gasteiger partial charge in [0.25, 0.3) is 0 Å². The maximum absolute atomic E-state index is 5.14. The fraction of sp³-hybridized carbons (Fsp3) is 0.417. The summed E-state index contributed by atoms with van der Waals surface area (Å²) in [5.74, 6) is 0.669. The largest absolute Gasteiger partial charge is 0.481 e.